The number of aryl methyl sites for hydroxylation is 1. The summed E-state index contributed by atoms with van der Waals surface area (Å²) in [6, 6.07) is 3.63. The Labute approximate surface area is 140 Å². The van der Waals surface area contributed by atoms with Crippen LogP contribution in [0.4, 0.5) is 0 Å². The standard InChI is InChI=1S/C17H22N4O3/c1-13-9-19-21(11-13)12-16(22)20-6-4-14(5-7-20)17(23)18-10-15-3-2-8-24-15/h2-3,8-9,11,14H,4-7,10,12H2,1H3,(H,18,23). The molecule has 128 valence electrons. The molecule has 2 aromatic rings. The first-order valence-electron chi connectivity index (χ1n) is 8.19. The molecule has 2 amide bonds. The lowest BCUT2D eigenvalue weighted by Gasteiger charge is -2.31. The Bertz CT molecular complexity index is 685. The van der Waals surface area contributed by atoms with Gasteiger partial charge in [-0.05, 0) is 37.5 Å². The van der Waals surface area contributed by atoms with Crippen molar-refractivity contribution < 1.29 is 14.0 Å². The van der Waals surface area contributed by atoms with Gasteiger partial charge in [0, 0.05) is 25.2 Å². The fourth-order valence-corrected chi connectivity index (χ4v) is 2.91. The van der Waals surface area contributed by atoms with Gasteiger partial charge in [-0.1, -0.05) is 0 Å². The zero-order valence-electron chi connectivity index (χ0n) is 13.8. The number of carbonyl (C=O) groups excluding carboxylic acids is 2. The van der Waals surface area contributed by atoms with Gasteiger partial charge in [0.25, 0.3) is 0 Å². The predicted molar refractivity (Wildman–Crippen MR) is 86.8 cm³/mol. The van der Waals surface area contributed by atoms with E-state index < -0.39 is 0 Å². The number of nitrogens with one attached hydrogen (secondary N) is 1. The van der Waals surface area contributed by atoms with Crippen molar-refractivity contribution in [2.75, 3.05) is 13.1 Å². The van der Waals surface area contributed by atoms with Gasteiger partial charge < -0.3 is 14.6 Å². The highest BCUT2D eigenvalue weighted by atomic mass is 16.3. The SMILES string of the molecule is Cc1cnn(CC(=O)N2CCC(C(=O)NCc3ccco3)CC2)c1. The molecule has 0 bridgehead atoms. The Balaban J connectivity index is 1.43. The minimum absolute atomic E-state index is 0.0289. The van der Waals surface area contributed by atoms with Gasteiger partial charge in [0.1, 0.15) is 12.3 Å². The van der Waals surface area contributed by atoms with Crippen LogP contribution in [0.1, 0.15) is 24.2 Å². The van der Waals surface area contributed by atoms with Crippen LogP contribution in [0.2, 0.25) is 0 Å². The third-order valence-corrected chi connectivity index (χ3v) is 4.30. The van der Waals surface area contributed by atoms with Crippen LogP contribution >= 0.6 is 0 Å². The van der Waals surface area contributed by atoms with Crippen LogP contribution in [0, 0.1) is 12.8 Å². The maximum absolute atomic E-state index is 12.3. The number of carbonyl (C=O) groups is 2. The van der Waals surface area contributed by atoms with E-state index in [9.17, 15) is 9.59 Å². The molecule has 3 rings (SSSR count). The molecule has 1 N–H and O–H groups in total. The van der Waals surface area contributed by atoms with Crippen molar-refractivity contribution in [1.29, 1.82) is 0 Å². The number of amides is 2. The molecule has 7 heteroatoms. The molecule has 0 saturated carbocycles. The molecule has 1 aliphatic rings. The Morgan fingerprint density at radius 1 is 1.38 bits per heavy atom. The fourth-order valence-electron chi connectivity index (χ4n) is 2.91. The molecule has 2 aromatic heterocycles. The normalized spacial score (nSPS) is 15.5. The highest BCUT2D eigenvalue weighted by Gasteiger charge is 2.27. The van der Waals surface area contributed by atoms with Crippen molar-refractivity contribution in [3.8, 4) is 0 Å². The number of aromatic nitrogens is 2. The molecular weight excluding hydrogens is 308 g/mol. The van der Waals surface area contributed by atoms with Crippen LogP contribution in [0.3, 0.4) is 0 Å². The van der Waals surface area contributed by atoms with E-state index in [-0.39, 0.29) is 24.3 Å². The number of rotatable bonds is 5. The van der Waals surface area contributed by atoms with Crippen molar-refractivity contribution in [3.05, 3.63) is 42.1 Å². The summed E-state index contributed by atoms with van der Waals surface area (Å²) < 4.78 is 6.85. The van der Waals surface area contributed by atoms with Gasteiger partial charge in [-0.25, -0.2) is 0 Å². The minimum Gasteiger partial charge on any atom is -0.467 e. The van der Waals surface area contributed by atoms with E-state index in [1.54, 1.807) is 23.2 Å². The lowest BCUT2D eigenvalue weighted by Crippen LogP contribution is -2.44. The number of nitrogens with zero attached hydrogens (tertiary/aromatic N) is 3. The molecule has 0 spiro atoms. The minimum atomic E-state index is -0.0454. The molecule has 0 radical (unpaired) electrons. The number of hydrogen-bond donors (Lipinski definition) is 1. The molecule has 1 fully saturated rings. The van der Waals surface area contributed by atoms with Crippen LogP contribution in [-0.4, -0.2) is 39.6 Å². The molecule has 0 unspecified atom stereocenters. The van der Waals surface area contributed by atoms with Crippen molar-refractivity contribution in [2.24, 2.45) is 5.92 Å². The summed E-state index contributed by atoms with van der Waals surface area (Å²) in [6.07, 6.45) is 6.56. The number of furan rings is 1. The summed E-state index contributed by atoms with van der Waals surface area (Å²) >= 11 is 0. The van der Waals surface area contributed by atoms with E-state index in [4.69, 9.17) is 4.42 Å². The predicted octanol–water partition coefficient (Wildman–Crippen LogP) is 1.34. The van der Waals surface area contributed by atoms with E-state index in [1.807, 2.05) is 24.1 Å². The topological polar surface area (TPSA) is 80.4 Å². The van der Waals surface area contributed by atoms with Crippen molar-refractivity contribution in [2.45, 2.75) is 32.9 Å². The lowest BCUT2D eigenvalue weighted by atomic mass is 9.96. The Morgan fingerprint density at radius 2 is 2.17 bits per heavy atom. The maximum atomic E-state index is 12.3. The van der Waals surface area contributed by atoms with Crippen LogP contribution in [-0.2, 0) is 22.7 Å². The molecule has 7 nitrogen and oxygen atoms in total. The van der Waals surface area contributed by atoms with Gasteiger partial charge in [0.05, 0.1) is 19.0 Å². The first-order valence-corrected chi connectivity index (χ1v) is 8.19. The molecule has 24 heavy (non-hydrogen) atoms. The van der Waals surface area contributed by atoms with E-state index >= 15 is 0 Å². The Kier molecular flexibility index (Phi) is 4.98. The average Bonchev–Trinajstić information content (AvgIpc) is 3.24. The van der Waals surface area contributed by atoms with E-state index in [1.165, 1.54) is 0 Å². The van der Waals surface area contributed by atoms with Gasteiger partial charge >= 0.3 is 0 Å². The number of likely N-dealkylation sites (tertiary alicyclic amines) is 1. The van der Waals surface area contributed by atoms with Crippen molar-refractivity contribution >= 4 is 11.8 Å². The second-order valence-electron chi connectivity index (χ2n) is 6.17. The van der Waals surface area contributed by atoms with Gasteiger partial charge in [0.2, 0.25) is 11.8 Å². The number of hydrogen-bond acceptors (Lipinski definition) is 4. The van der Waals surface area contributed by atoms with Crippen molar-refractivity contribution in [1.82, 2.24) is 20.0 Å². The summed E-state index contributed by atoms with van der Waals surface area (Å²) in [5, 5.41) is 7.03. The highest BCUT2D eigenvalue weighted by molar-refractivity contribution is 5.80. The van der Waals surface area contributed by atoms with Crippen molar-refractivity contribution in [3.63, 3.8) is 0 Å². The Hall–Kier alpha value is -2.57. The van der Waals surface area contributed by atoms with Crippen LogP contribution in [0.15, 0.2) is 35.2 Å². The third kappa shape index (κ3) is 4.04. The molecule has 0 aromatic carbocycles. The molecular formula is C17H22N4O3. The molecule has 1 aliphatic heterocycles. The van der Waals surface area contributed by atoms with Gasteiger partial charge in [-0.2, -0.15) is 5.10 Å². The van der Waals surface area contributed by atoms with E-state index in [0.29, 0.717) is 32.5 Å². The second-order valence-corrected chi connectivity index (χ2v) is 6.17. The average molecular weight is 330 g/mol. The quantitative estimate of drug-likeness (QED) is 0.897. The van der Waals surface area contributed by atoms with Gasteiger partial charge in [0.15, 0.2) is 0 Å². The third-order valence-electron chi connectivity index (χ3n) is 4.30. The summed E-state index contributed by atoms with van der Waals surface area (Å²) in [5.41, 5.74) is 1.04. The largest absolute Gasteiger partial charge is 0.467 e. The summed E-state index contributed by atoms with van der Waals surface area (Å²) in [5.74, 6) is 0.773. The fraction of sp³-hybridized carbons (Fsp3) is 0.471. The zero-order chi connectivity index (χ0) is 16.9. The molecule has 0 aliphatic carbocycles. The first-order chi connectivity index (χ1) is 11.6. The molecule has 0 atom stereocenters. The summed E-state index contributed by atoms with van der Waals surface area (Å²) in [4.78, 5) is 26.3. The monoisotopic (exact) mass is 330 g/mol. The zero-order valence-corrected chi connectivity index (χ0v) is 13.8. The van der Waals surface area contributed by atoms with E-state index in [2.05, 4.69) is 10.4 Å². The molecule has 3 heterocycles. The van der Waals surface area contributed by atoms with Gasteiger partial charge in [-0.3, -0.25) is 14.3 Å². The van der Waals surface area contributed by atoms with Crippen LogP contribution < -0.4 is 5.32 Å². The second kappa shape index (κ2) is 7.33. The Morgan fingerprint density at radius 3 is 2.79 bits per heavy atom. The highest BCUT2D eigenvalue weighted by Crippen LogP contribution is 2.18. The summed E-state index contributed by atoms with van der Waals surface area (Å²) in [6.45, 7) is 3.82. The smallest absolute Gasteiger partial charge is 0.244 e. The first kappa shape index (κ1) is 16.3. The van der Waals surface area contributed by atoms with Crippen LogP contribution in [0.5, 0.6) is 0 Å². The number of piperidine rings is 1. The molecule has 1 saturated heterocycles. The van der Waals surface area contributed by atoms with Gasteiger partial charge in [-0.15, -0.1) is 0 Å². The van der Waals surface area contributed by atoms with Crippen LogP contribution in [0.25, 0.3) is 0 Å². The summed E-state index contributed by atoms with van der Waals surface area (Å²) in [7, 11) is 0. The maximum Gasteiger partial charge on any atom is 0.244 e. The van der Waals surface area contributed by atoms with E-state index in [0.717, 1.165) is 11.3 Å². The lowest BCUT2D eigenvalue weighted by molar-refractivity contribution is -0.136.